The molecule has 0 aliphatic heterocycles. The number of imidazole rings is 1. The fourth-order valence-electron chi connectivity index (χ4n) is 5.67. The Morgan fingerprint density at radius 1 is 1.20 bits per heavy atom. The largest absolute Gasteiger partial charge is 0.444 e. The summed E-state index contributed by atoms with van der Waals surface area (Å²) in [4.78, 5) is 30.7. The van der Waals surface area contributed by atoms with Crippen LogP contribution >= 0.6 is 15.9 Å². The van der Waals surface area contributed by atoms with Crippen LogP contribution in [0.25, 0.3) is 33.3 Å². The van der Waals surface area contributed by atoms with Gasteiger partial charge in [0.1, 0.15) is 5.60 Å². The van der Waals surface area contributed by atoms with Gasteiger partial charge in [-0.15, -0.1) is 5.10 Å². The number of nitrogens with zero attached hydrogens (tertiary/aromatic N) is 6. The molecule has 4 aromatic heterocycles. The third-order valence-corrected chi connectivity index (χ3v) is 9.89. The monoisotopic (exact) mass is 693 g/mol. The van der Waals surface area contributed by atoms with Gasteiger partial charge in [0.2, 0.25) is 5.95 Å². The van der Waals surface area contributed by atoms with Crippen molar-refractivity contribution >= 4 is 54.1 Å². The summed E-state index contributed by atoms with van der Waals surface area (Å²) in [6.07, 6.45) is 2.14. The number of aromatic nitrogens is 6. The van der Waals surface area contributed by atoms with Crippen molar-refractivity contribution in [1.29, 1.82) is 0 Å². The first kappa shape index (κ1) is 23.4. The van der Waals surface area contributed by atoms with Crippen LogP contribution in [0.2, 0.25) is 0 Å². The highest BCUT2D eigenvalue weighted by atomic mass is 79.9. The van der Waals surface area contributed by atoms with Crippen molar-refractivity contribution in [3.8, 4) is 11.3 Å². The molecule has 12 nitrogen and oxygen atoms in total. The van der Waals surface area contributed by atoms with Gasteiger partial charge in [0.15, 0.2) is 5.65 Å². The molecule has 0 bridgehead atoms. The highest BCUT2D eigenvalue weighted by Crippen LogP contribution is 2.44. The highest BCUT2D eigenvalue weighted by molar-refractivity contribution is 9.10. The van der Waals surface area contributed by atoms with Crippen LogP contribution in [0.4, 0.5) is 9.18 Å². The summed E-state index contributed by atoms with van der Waals surface area (Å²) in [6.45, 7) is -0.784. The predicted octanol–water partition coefficient (Wildman–Crippen LogP) is 4.85. The molecule has 0 unspecified atom stereocenters. The summed E-state index contributed by atoms with van der Waals surface area (Å²) in [6, 6.07) is 6.01. The lowest BCUT2D eigenvalue weighted by molar-refractivity contribution is 0.0504. The van der Waals surface area contributed by atoms with Crippen molar-refractivity contribution in [3.05, 3.63) is 63.6 Å². The van der Waals surface area contributed by atoms with Crippen LogP contribution in [0.15, 0.2) is 56.9 Å². The molecule has 44 heavy (non-hydrogen) atoms. The van der Waals surface area contributed by atoms with Crippen molar-refractivity contribution in [2.45, 2.75) is 62.6 Å². The number of benzene rings is 1. The van der Waals surface area contributed by atoms with Crippen LogP contribution < -0.4 is 11.0 Å². The second-order valence-electron chi connectivity index (χ2n) is 11.5. The molecule has 1 saturated carbocycles. The van der Waals surface area contributed by atoms with Crippen molar-refractivity contribution in [2.75, 3.05) is 0 Å². The Balaban J connectivity index is 1.66. The van der Waals surface area contributed by atoms with Gasteiger partial charge in [0, 0.05) is 40.5 Å². The van der Waals surface area contributed by atoms with E-state index >= 15 is 4.39 Å². The van der Waals surface area contributed by atoms with Crippen LogP contribution in [0.1, 0.15) is 54.3 Å². The Hall–Kier alpha value is -3.98. The van der Waals surface area contributed by atoms with E-state index in [9.17, 15) is 18.0 Å². The number of aryl methyl sites for hydroxylation is 2. The number of amides is 1. The first-order chi connectivity index (χ1) is 23.1. The average Bonchev–Trinajstić information content (AvgIpc) is 3.74. The van der Waals surface area contributed by atoms with E-state index in [1.807, 2.05) is 0 Å². The fraction of sp³-hybridized carbons (Fsp3) is 0.379. The third kappa shape index (κ3) is 4.91. The van der Waals surface area contributed by atoms with E-state index in [4.69, 9.17) is 13.0 Å². The predicted molar refractivity (Wildman–Crippen MR) is 165 cm³/mol. The maximum atomic E-state index is 15.6. The van der Waals surface area contributed by atoms with E-state index in [0.29, 0.717) is 26.1 Å². The minimum absolute atomic E-state index is 0.0159. The molecule has 1 aliphatic rings. The number of pyridine rings is 1. The van der Waals surface area contributed by atoms with E-state index in [1.54, 1.807) is 26.8 Å². The maximum Gasteiger partial charge on any atom is 0.407 e. The van der Waals surface area contributed by atoms with Crippen LogP contribution in [-0.4, -0.2) is 54.0 Å². The number of carbonyl (C=O) groups excluding carboxylic acids is 1. The molecule has 232 valence electrons. The van der Waals surface area contributed by atoms with Gasteiger partial charge in [0.25, 0.3) is 10.0 Å². The number of ether oxygens (including phenoxy) is 1. The Labute approximate surface area is 269 Å². The van der Waals surface area contributed by atoms with Crippen molar-refractivity contribution in [1.82, 2.24) is 33.2 Å². The van der Waals surface area contributed by atoms with Gasteiger partial charge in [-0.2, -0.15) is 4.39 Å². The van der Waals surface area contributed by atoms with Gasteiger partial charge in [-0.25, -0.2) is 27.0 Å². The smallest absolute Gasteiger partial charge is 0.407 e. The van der Waals surface area contributed by atoms with Gasteiger partial charge in [0.05, 0.1) is 43.2 Å². The minimum atomic E-state index is -4.62. The molecule has 15 heteroatoms. The second kappa shape index (κ2) is 10.6. The number of carbonyl (C=O) groups is 1. The summed E-state index contributed by atoms with van der Waals surface area (Å²) in [7, 11) is -4.62. The SMILES string of the molecule is [2H]C([2H])([2H])n1cc(-c2c(Br)c3c(ncc4c3n([C@@H]3CC[C@@H](NC(=O)OC(C)(C)C)C3)c(=O)n4C([2H])([2H])[2H])n2S(=O)(=O)c2ccccc2)c(F)n1. The summed E-state index contributed by atoms with van der Waals surface area (Å²) in [5.74, 6) is -1.31. The Morgan fingerprint density at radius 3 is 2.61 bits per heavy atom. The Kier molecular flexibility index (Phi) is 5.63. The van der Waals surface area contributed by atoms with Gasteiger partial charge >= 0.3 is 11.8 Å². The van der Waals surface area contributed by atoms with Crippen LogP contribution in [0, 0.1) is 5.95 Å². The summed E-state index contributed by atoms with van der Waals surface area (Å²) in [5.41, 5.74) is -3.10. The highest BCUT2D eigenvalue weighted by Gasteiger charge is 2.36. The molecule has 6 rings (SSSR count). The molecule has 0 saturated heterocycles. The average molecular weight is 695 g/mol. The minimum Gasteiger partial charge on any atom is -0.444 e. The normalized spacial score (nSPS) is 20.1. The first-order valence-corrected chi connectivity index (χ1v) is 15.8. The molecular weight excluding hydrogens is 657 g/mol. The standard InChI is InChI=1S/C29H31BrFN7O5S/c1-29(2,3)43-27(39)33-16-11-12-17(13-16)37-24-20(36(5)28(37)40)14-32-26-21(24)22(30)23(19-15-35(4)34-25(19)31)38(26)44(41,42)18-9-7-6-8-10-18/h6-10,14-17H,11-13H2,1-5H3,(H,33,39)/t16-,17-/m1/s1/i4D3,5D3. The Morgan fingerprint density at radius 2 is 1.95 bits per heavy atom. The zero-order chi connectivity index (χ0) is 36.7. The molecule has 1 aromatic carbocycles. The maximum absolute atomic E-state index is 15.6. The molecule has 2 atom stereocenters. The number of hydrogen-bond acceptors (Lipinski definition) is 7. The zero-order valence-corrected chi connectivity index (χ0v) is 26.1. The van der Waals surface area contributed by atoms with E-state index in [1.165, 1.54) is 28.8 Å². The fourth-order valence-corrected chi connectivity index (χ4v) is 8.05. The number of nitrogens with one attached hydrogen (secondary N) is 1. The number of hydrogen-bond donors (Lipinski definition) is 1. The van der Waals surface area contributed by atoms with Crippen molar-refractivity contribution < 1.29 is 30.6 Å². The molecule has 1 N–H and O–H groups in total. The molecule has 0 spiro atoms. The lowest BCUT2D eigenvalue weighted by Crippen LogP contribution is -2.38. The zero-order valence-electron chi connectivity index (χ0n) is 29.7. The topological polar surface area (TPSA) is 135 Å². The number of halogens is 2. The van der Waals surface area contributed by atoms with Gasteiger partial charge in [-0.3, -0.25) is 13.8 Å². The molecular formula is C29H31BrFN7O5S. The summed E-state index contributed by atoms with van der Waals surface area (Å²) >= 11 is 3.41. The van der Waals surface area contributed by atoms with Crippen molar-refractivity contribution in [3.63, 3.8) is 0 Å². The molecule has 0 radical (unpaired) electrons. The number of rotatable bonds is 5. The molecule has 1 aliphatic carbocycles. The first-order valence-electron chi connectivity index (χ1n) is 16.5. The van der Waals surface area contributed by atoms with Crippen molar-refractivity contribution in [2.24, 2.45) is 14.0 Å². The molecule has 1 fully saturated rings. The van der Waals surface area contributed by atoms with Gasteiger partial charge in [-0.05, 0) is 68.1 Å². The van der Waals surface area contributed by atoms with Gasteiger partial charge in [-0.1, -0.05) is 18.2 Å². The van der Waals surface area contributed by atoms with E-state index in [-0.39, 0.29) is 37.9 Å². The summed E-state index contributed by atoms with van der Waals surface area (Å²) in [5, 5.41) is 6.20. The molecule has 5 aromatic rings. The quantitative estimate of drug-likeness (QED) is 0.278. The molecule has 1 amide bonds. The number of fused-ring (bicyclic) bond motifs is 3. The second-order valence-corrected chi connectivity index (χ2v) is 14.1. The lowest BCUT2D eigenvalue weighted by Gasteiger charge is -2.22. The Bertz CT molecular complexity index is 2330. The van der Waals surface area contributed by atoms with Gasteiger partial charge < -0.3 is 10.1 Å². The molecule has 4 heterocycles. The third-order valence-electron chi connectivity index (χ3n) is 7.41. The van der Waals surface area contributed by atoms with Crippen LogP contribution in [0.3, 0.4) is 0 Å². The van der Waals surface area contributed by atoms with Crippen LogP contribution in [-0.2, 0) is 28.7 Å². The van der Waals surface area contributed by atoms with E-state index in [0.717, 1.165) is 12.4 Å². The van der Waals surface area contributed by atoms with Crippen LogP contribution in [0.5, 0.6) is 0 Å². The summed E-state index contributed by atoms with van der Waals surface area (Å²) < 4.78 is 100. The lowest BCUT2D eigenvalue weighted by atomic mass is 10.2. The van der Waals surface area contributed by atoms with E-state index in [2.05, 4.69) is 31.3 Å². The van der Waals surface area contributed by atoms with E-state index < -0.39 is 70.6 Å². The number of alkyl carbamates (subject to hydrolysis) is 1.